The molecule has 0 N–H and O–H groups in total. The lowest BCUT2D eigenvalue weighted by atomic mass is 10.4. The van der Waals surface area contributed by atoms with Crippen molar-refractivity contribution in [1.29, 1.82) is 0 Å². The van der Waals surface area contributed by atoms with Crippen LogP contribution in [0.25, 0.3) is 0 Å². The first-order valence-electron chi connectivity index (χ1n) is 3.90. The van der Waals surface area contributed by atoms with E-state index in [0.717, 1.165) is 26.3 Å². The van der Waals surface area contributed by atoms with Crippen LogP contribution >= 0.6 is 15.9 Å². The van der Waals surface area contributed by atoms with E-state index in [1.54, 1.807) is 6.92 Å². The zero-order valence-electron chi connectivity index (χ0n) is 7.05. The van der Waals surface area contributed by atoms with Gasteiger partial charge in [-0.25, -0.2) is 0 Å². The minimum absolute atomic E-state index is 0.0569. The summed E-state index contributed by atoms with van der Waals surface area (Å²) in [6.07, 6.45) is 1.84. The summed E-state index contributed by atoms with van der Waals surface area (Å²) in [6, 6.07) is 0. The molecule has 0 aromatic rings. The van der Waals surface area contributed by atoms with Crippen LogP contribution in [0.2, 0.25) is 0 Å². The molecule has 12 heavy (non-hydrogen) atoms. The maximum atomic E-state index is 10.8. The van der Waals surface area contributed by atoms with E-state index in [1.807, 2.05) is 6.20 Å². The normalized spacial score (nSPS) is 19.5. The van der Waals surface area contributed by atoms with Crippen molar-refractivity contribution in [3.05, 3.63) is 10.7 Å². The lowest BCUT2D eigenvalue weighted by Crippen LogP contribution is -2.32. The van der Waals surface area contributed by atoms with Crippen molar-refractivity contribution in [2.45, 2.75) is 6.92 Å². The van der Waals surface area contributed by atoms with Crippen LogP contribution in [0.15, 0.2) is 10.7 Å². The van der Waals surface area contributed by atoms with Gasteiger partial charge in [0.25, 0.3) is 0 Å². The third-order valence-electron chi connectivity index (χ3n) is 1.68. The number of hydrogen-bond acceptors (Lipinski definition) is 3. The lowest BCUT2D eigenvalue weighted by Gasteiger charge is -2.25. The summed E-state index contributed by atoms with van der Waals surface area (Å²) in [5.41, 5.74) is 0. The average Bonchev–Trinajstić information content (AvgIpc) is 2.06. The Labute approximate surface area is 80.5 Å². The third kappa shape index (κ3) is 2.95. The van der Waals surface area contributed by atoms with Crippen molar-refractivity contribution in [1.82, 2.24) is 4.90 Å². The number of Topliss-reactive ketones (excluding diaryl/α,β-unsaturated/α-hetero) is 1. The van der Waals surface area contributed by atoms with Gasteiger partial charge in [-0.05, 0) is 22.9 Å². The molecule has 3 nitrogen and oxygen atoms in total. The first-order chi connectivity index (χ1) is 5.70. The maximum absolute atomic E-state index is 10.8. The van der Waals surface area contributed by atoms with Crippen LogP contribution in [0, 0.1) is 0 Å². The number of rotatable bonds is 2. The van der Waals surface area contributed by atoms with Gasteiger partial charge in [-0.2, -0.15) is 0 Å². The minimum Gasteiger partial charge on any atom is -0.378 e. The Morgan fingerprint density at radius 1 is 1.50 bits per heavy atom. The highest BCUT2D eigenvalue weighted by Gasteiger charge is 2.08. The summed E-state index contributed by atoms with van der Waals surface area (Å²) >= 11 is 3.21. The molecule has 0 aromatic heterocycles. The SMILES string of the molecule is CC(=O)/C(Br)=C/N1CCOCC1. The molecule has 0 aromatic carbocycles. The van der Waals surface area contributed by atoms with E-state index >= 15 is 0 Å². The monoisotopic (exact) mass is 233 g/mol. The smallest absolute Gasteiger partial charge is 0.168 e. The fourth-order valence-electron chi connectivity index (χ4n) is 0.958. The van der Waals surface area contributed by atoms with Crippen LogP contribution in [-0.2, 0) is 9.53 Å². The molecular weight excluding hydrogens is 222 g/mol. The van der Waals surface area contributed by atoms with Gasteiger partial charge in [-0.1, -0.05) is 0 Å². The average molecular weight is 234 g/mol. The highest BCUT2D eigenvalue weighted by atomic mass is 79.9. The Bertz CT molecular complexity index is 197. The van der Waals surface area contributed by atoms with E-state index in [-0.39, 0.29) is 5.78 Å². The molecule has 1 heterocycles. The molecule has 0 saturated carbocycles. The molecule has 0 aliphatic carbocycles. The zero-order valence-corrected chi connectivity index (χ0v) is 8.63. The quantitative estimate of drug-likeness (QED) is 0.671. The predicted octanol–water partition coefficient (Wildman–Crippen LogP) is 1.14. The standard InChI is InChI=1S/C8H12BrNO2/c1-7(11)8(9)6-10-2-4-12-5-3-10/h6H,2-5H2,1H3/b8-6-. The molecule has 1 rings (SSSR count). The molecule has 1 fully saturated rings. The molecule has 0 bridgehead atoms. The van der Waals surface area contributed by atoms with Crippen LogP contribution in [0.4, 0.5) is 0 Å². The summed E-state index contributed by atoms with van der Waals surface area (Å²) in [4.78, 5) is 12.9. The van der Waals surface area contributed by atoms with Gasteiger partial charge in [-0.15, -0.1) is 0 Å². The van der Waals surface area contributed by atoms with Gasteiger partial charge < -0.3 is 9.64 Å². The van der Waals surface area contributed by atoms with Gasteiger partial charge in [0.2, 0.25) is 0 Å². The number of nitrogens with zero attached hydrogens (tertiary/aromatic N) is 1. The second-order valence-corrected chi connectivity index (χ2v) is 3.54. The highest BCUT2D eigenvalue weighted by Crippen LogP contribution is 2.09. The van der Waals surface area contributed by atoms with E-state index in [1.165, 1.54) is 0 Å². The summed E-state index contributed by atoms with van der Waals surface area (Å²) in [6.45, 7) is 4.76. The fraction of sp³-hybridized carbons (Fsp3) is 0.625. The van der Waals surface area contributed by atoms with Gasteiger partial charge in [0, 0.05) is 19.3 Å². The third-order valence-corrected chi connectivity index (χ3v) is 2.44. The van der Waals surface area contributed by atoms with E-state index in [4.69, 9.17) is 4.74 Å². The summed E-state index contributed by atoms with van der Waals surface area (Å²) < 4.78 is 5.80. The van der Waals surface area contributed by atoms with Crippen molar-refractivity contribution in [3.8, 4) is 0 Å². The molecule has 0 unspecified atom stereocenters. The highest BCUT2D eigenvalue weighted by molar-refractivity contribution is 9.12. The van der Waals surface area contributed by atoms with Gasteiger partial charge in [0.1, 0.15) is 0 Å². The maximum Gasteiger partial charge on any atom is 0.168 e. The van der Waals surface area contributed by atoms with Gasteiger partial charge in [0.15, 0.2) is 5.78 Å². The van der Waals surface area contributed by atoms with Crippen LogP contribution in [0.1, 0.15) is 6.92 Å². The molecule has 1 aliphatic heterocycles. The number of carbonyl (C=O) groups excluding carboxylic acids is 1. The van der Waals surface area contributed by atoms with Crippen molar-refractivity contribution in [3.63, 3.8) is 0 Å². The fourth-order valence-corrected chi connectivity index (χ4v) is 1.25. The minimum atomic E-state index is 0.0569. The Morgan fingerprint density at radius 2 is 2.08 bits per heavy atom. The molecule has 0 radical (unpaired) electrons. The zero-order chi connectivity index (χ0) is 8.97. The topological polar surface area (TPSA) is 29.5 Å². The molecule has 4 heteroatoms. The van der Waals surface area contributed by atoms with Crippen LogP contribution < -0.4 is 0 Å². The first-order valence-corrected chi connectivity index (χ1v) is 4.69. The van der Waals surface area contributed by atoms with Crippen molar-refractivity contribution in [2.24, 2.45) is 0 Å². The molecular formula is C8H12BrNO2. The number of ketones is 1. The van der Waals surface area contributed by atoms with Crippen molar-refractivity contribution < 1.29 is 9.53 Å². The predicted molar refractivity (Wildman–Crippen MR) is 50.1 cm³/mol. The molecule has 1 aliphatic rings. The lowest BCUT2D eigenvalue weighted by molar-refractivity contribution is -0.113. The largest absolute Gasteiger partial charge is 0.378 e. The number of morpholine rings is 1. The van der Waals surface area contributed by atoms with Gasteiger partial charge in [-0.3, -0.25) is 4.79 Å². The second-order valence-electron chi connectivity index (χ2n) is 2.68. The second kappa shape index (κ2) is 4.62. The van der Waals surface area contributed by atoms with Gasteiger partial charge >= 0.3 is 0 Å². The van der Waals surface area contributed by atoms with Crippen LogP contribution in [0.5, 0.6) is 0 Å². The number of hydrogen-bond donors (Lipinski definition) is 0. The molecule has 1 saturated heterocycles. The van der Waals surface area contributed by atoms with Crippen LogP contribution in [0.3, 0.4) is 0 Å². The first kappa shape index (κ1) is 9.74. The molecule has 0 atom stereocenters. The van der Waals surface area contributed by atoms with Gasteiger partial charge in [0.05, 0.1) is 17.7 Å². The Kier molecular flexibility index (Phi) is 3.75. The number of carbonyl (C=O) groups is 1. The Balaban J connectivity index is 2.47. The van der Waals surface area contributed by atoms with Crippen LogP contribution in [-0.4, -0.2) is 37.0 Å². The Morgan fingerprint density at radius 3 is 2.58 bits per heavy atom. The molecule has 0 spiro atoms. The summed E-state index contributed by atoms with van der Waals surface area (Å²) in [7, 11) is 0. The molecule has 0 amide bonds. The number of halogens is 1. The van der Waals surface area contributed by atoms with E-state index in [0.29, 0.717) is 4.48 Å². The van der Waals surface area contributed by atoms with E-state index < -0.39 is 0 Å². The van der Waals surface area contributed by atoms with Crippen molar-refractivity contribution >= 4 is 21.7 Å². The summed E-state index contributed by atoms with van der Waals surface area (Å²) in [5, 5.41) is 0. The Hall–Kier alpha value is -0.350. The number of allylic oxidation sites excluding steroid dienone is 1. The van der Waals surface area contributed by atoms with Crippen molar-refractivity contribution in [2.75, 3.05) is 26.3 Å². The van der Waals surface area contributed by atoms with E-state index in [2.05, 4.69) is 20.8 Å². The number of ether oxygens (including phenoxy) is 1. The summed E-state index contributed by atoms with van der Waals surface area (Å²) in [5.74, 6) is 0.0569. The van der Waals surface area contributed by atoms with E-state index in [9.17, 15) is 4.79 Å². The molecule has 68 valence electrons.